The van der Waals surface area contributed by atoms with Crippen molar-refractivity contribution in [2.75, 3.05) is 34.1 Å². The molecule has 0 N–H and O–H groups in total. The summed E-state index contributed by atoms with van der Waals surface area (Å²) in [5.41, 5.74) is 2.10. The van der Waals surface area contributed by atoms with Crippen LogP contribution in [0.2, 0.25) is 0 Å². The zero-order valence-corrected chi connectivity index (χ0v) is 16.7. The van der Waals surface area contributed by atoms with Gasteiger partial charge < -0.3 is 19.1 Å². The van der Waals surface area contributed by atoms with Crippen LogP contribution in [0.1, 0.15) is 11.1 Å². The molecule has 0 heterocycles. The van der Waals surface area contributed by atoms with E-state index in [9.17, 15) is 4.79 Å². The number of rotatable bonds is 8. The molecule has 1 amide bonds. The molecular weight excluding hydrogens is 350 g/mol. The molecule has 2 rings (SSSR count). The van der Waals surface area contributed by atoms with Crippen molar-refractivity contribution >= 4 is 17.7 Å². The Morgan fingerprint density at radius 3 is 2.19 bits per heavy atom. The zero-order chi connectivity index (χ0) is 19.1. The fraction of sp³-hybridized carbons (Fsp3) is 0.350. The van der Waals surface area contributed by atoms with Gasteiger partial charge in [-0.2, -0.15) is 0 Å². The summed E-state index contributed by atoms with van der Waals surface area (Å²) in [7, 11) is 6.67. The normalized spacial score (nSPS) is 10.3. The highest BCUT2D eigenvalue weighted by molar-refractivity contribution is 8.00. The van der Waals surface area contributed by atoms with Crippen molar-refractivity contribution in [3.63, 3.8) is 0 Å². The molecule has 0 bridgehead atoms. The minimum atomic E-state index is 0.0694. The van der Waals surface area contributed by atoms with Gasteiger partial charge in [0.2, 0.25) is 5.91 Å². The van der Waals surface area contributed by atoms with Gasteiger partial charge in [0.25, 0.3) is 0 Å². The van der Waals surface area contributed by atoms with Crippen molar-refractivity contribution in [2.45, 2.75) is 18.4 Å². The fourth-order valence-electron chi connectivity index (χ4n) is 2.46. The van der Waals surface area contributed by atoms with Crippen LogP contribution in [0, 0.1) is 6.92 Å². The second-order valence-electron chi connectivity index (χ2n) is 5.85. The lowest BCUT2D eigenvalue weighted by atomic mass is 10.1. The number of methoxy groups -OCH3 is 3. The Hall–Kier alpha value is -2.34. The fourth-order valence-corrected chi connectivity index (χ4v) is 3.30. The molecule has 0 spiro atoms. The average molecular weight is 375 g/mol. The number of hydrogen-bond acceptors (Lipinski definition) is 5. The van der Waals surface area contributed by atoms with Crippen LogP contribution in [0.4, 0.5) is 0 Å². The van der Waals surface area contributed by atoms with E-state index in [1.165, 1.54) is 11.8 Å². The van der Waals surface area contributed by atoms with E-state index >= 15 is 0 Å². The number of aryl methyl sites for hydroxylation is 1. The third-order valence-electron chi connectivity index (χ3n) is 4.10. The number of hydrogen-bond donors (Lipinski definition) is 0. The Bertz CT molecular complexity index is 746. The number of nitrogens with zero attached hydrogens (tertiary/aromatic N) is 1. The minimum Gasteiger partial charge on any atom is -0.497 e. The van der Waals surface area contributed by atoms with Crippen molar-refractivity contribution < 1.29 is 19.0 Å². The standard InChI is InChI=1S/C20H25NO4S/c1-14-10-18(24-4)19(25-5)11-15(14)12-21(2)20(22)13-26-17-8-6-16(23-3)7-9-17/h6-11H,12-13H2,1-5H3. The molecule has 2 aromatic rings. The smallest absolute Gasteiger partial charge is 0.232 e. The highest BCUT2D eigenvalue weighted by Crippen LogP contribution is 2.31. The van der Waals surface area contributed by atoms with Crippen molar-refractivity contribution in [2.24, 2.45) is 0 Å². The lowest BCUT2D eigenvalue weighted by Crippen LogP contribution is -2.28. The summed E-state index contributed by atoms with van der Waals surface area (Å²) in [6, 6.07) is 11.5. The molecule has 5 nitrogen and oxygen atoms in total. The molecule has 2 aromatic carbocycles. The van der Waals surface area contributed by atoms with Gasteiger partial charge in [0, 0.05) is 18.5 Å². The van der Waals surface area contributed by atoms with Gasteiger partial charge in [-0.05, 0) is 54.4 Å². The quantitative estimate of drug-likeness (QED) is 0.657. The third-order valence-corrected chi connectivity index (χ3v) is 5.09. The Labute approximate surface area is 159 Å². The Balaban J connectivity index is 1.97. The Morgan fingerprint density at radius 2 is 1.62 bits per heavy atom. The topological polar surface area (TPSA) is 48.0 Å². The maximum Gasteiger partial charge on any atom is 0.232 e. The number of thioether (sulfide) groups is 1. The predicted octanol–water partition coefficient (Wildman–Crippen LogP) is 3.77. The molecule has 0 unspecified atom stereocenters. The number of benzene rings is 2. The molecule has 0 aromatic heterocycles. The molecule has 0 saturated heterocycles. The molecule has 26 heavy (non-hydrogen) atoms. The van der Waals surface area contributed by atoms with Crippen LogP contribution in [-0.4, -0.2) is 44.9 Å². The van der Waals surface area contributed by atoms with Crippen LogP contribution in [0.3, 0.4) is 0 Å². The molecule has 6 heteroatoms. The first-order chi connectivity index (χ1) is 12.5. The number of carbonyl (C=O) groups is 1. The summed E-state index contributed by atoms with van der Waals surface area (Å²) in [4.78, 5) is 15.2. The van der Waals surface area contributed by atoms with Gasteiger partial charge in [0.1, 0.15) is 5.75 Å². The molecule has 0 atom stereocenters. The summed E-state index contributed by atoms with van der Waals surface area (Å²) in [5, 5.41) is 0. The Kier molecular flexibility index (Phi) is 7.21. The van der Waals surface area contributed by atoms with Gasteiger partial charge in [-0.15, -0.1) is 11.8 Å². The van der Waals surface area contributed by atoms with Crippen molar-refractivity contribution in [3.8, 4) is 17.2 Å². The molecule has 0 saturated carbocycles. The van der Waals surface area contributed by atoms with Gasteiger partial charge in [0.15, 0.2) is 11.5 Å². The van der Waals surface area contributed by atoms with Crippen molar-refractivity contribution in [1.82, 2.24) is 4.90 Å². The van der Waals surface area contributed by atoms with Crippen molar-refractivity contribution in [1.29, 1.82) is 0 Å². The van der Waals surface area contributed by atoms with E-state index in [1.54, 1.807) is 26.2 Å². The predicted molar refractivity (Wildman–Crippen MR) is 104 cm³/mol. The second-order valence-corrected chi connectivity index (χ2v) is 6.90. The number of amides is 1. The lowest BCUT2D eigenvalue weighted by molar-refractivity contribution is -0.127. The highest BCUT2D eigenvalue weighted by Gasteiger charge is 2.14. The Morgan fingerprint density at radius 1 is 1.00 bits per heavy atom. The van der Waals surface area contributed by atoms with Gasteiger partial charge in [-0.1, -0.05) is 0 Å². The monoisotopic (exact) mass is 375 g/mol. The average Bonchev–Trinajstić information content (AvgIpc) is 2.67. The zero-order valence-electron chi connectivity index (χ0n) is 15.9. The van der Waals surface area contributed by atoms with E-state index in [0.29, 0.717) is 23.8 Å². The van der Waals surface area contributed by atoms with Gasteiger partial charge in [-0.25, -0.2) is 0 Å². The SMILES string of the molecule is COc1ccc(SCC(=O)N(C)Cc2cc(OC)c(OC)cc2C)cc1. The summed E-state index contributed by atoms with van der Waals surface area (Å²) < 4.78 is 15.8. The second kappa shape index (κ2) is 9.38. The molecule has 0 aliphatic carbocycles. The number of carbonyl (C=O) groups excluding carboxylic acids is 1. The van der Waals surface area contributed by atoms with Gasteiger partial charge >= 0.3 is 0 Å². The first-order valence-electron chi connectivity index (χ1n) is 8.20. The first-order valence-corrected chi connectivity index (χ1v) is 9.19. The van der Waals surface area contributed by atoms with E-state index in [4.69, 9.17) is 14.2 Å². The molecule has 0 aliphatic rings. The molecule has 140 valence electrons. The van der Waals surface area contributed by atoms with E-state index in [1.807, 2.05) is 50.4 Å². The first kappa shape index (κ1) is 20.0. The van der Waals surface area contributed by atoms with Crippen LogP contribution >= 0.6 is 11.8 Å². The van der Waals surface area contributed by atoms with E-state index in [2.05, 4.69) is 0 Å². The summed E-state index contributed by atoms with van der Waals surface area (Å²) >= 11 is 1.51. The number of ether oxygens (including phenoxy) is 3. The van der Waals surface area contributed by atoms with E-state index < -0.39 is 0 Å². The largest absolute Gasteiger partial charge is 0.497 e. The van der Waals surface area contributed by atoms with Crippen LogP contribution < -0.4 is 14.2 Å². The van der Waals surface area contributed by atoms with Gasteiger partial charge in [0.05, 0.1) is 27.1 Å². The highest BCUT2D eigenvalue weighted by atomic mass is 32.2. The van der Waals surface area contributed by atoms with Crippen molar-refractivity contribution in [3.05, 3.63) is 47.5 Å². The summed E-state index contributed by atoms with van der Waals surface area (Å²) in [6.45, 7) is 2.52. The molecular formula is C20H25NO4S. The third kappa shape index (κ3) is 5.08. The van der Waals surface area contributed by atoms with Crippen LogP contribution in [0.25, 0.3) is 0 Å². The van der Waals surface area contributed by atoms with Gasteiger partial charge in [-0.3, -0.25) is 4.79 Å². The maximum absolute atomic E-state index is 12.5. The summed E-state index contributed by atoms with van der Waals surface area (Å²) in [6.07, 6.45) is 0. The van der Waals surface area contributed by atoms with Crippen LogP contribution in [0.5, 0.6) is 17.2 Å². The summed E-state index contributed by atoms with van der Waals surface area (Å²) in [5.74, 6) is 2.62. The van der Waals surface area contributed by atoms with E-state index in [-0.39, 0.29) is 5.91 Å². The minimum absolute atomic E-state index is 0.0694. The molecule has 0 aliphatic heterocycles. The maximum atomic E-state index is 12.5. The van der Waals surface area contributed by atoms with E-state index in [0.717, 1.165) is 21.8 Å². The van der Waals surface area contributed by atoms with Crippen LogP contribution in [0.15, 0.2) is 41.3 Å². The molecule has 0 fully saturated rings. The molecule has 0 radical (unpaired) electrons. The lowest BCUT2D eigenvalue weighted by Gasteiger charge is -2.20. The van der Waals surface area contributed by atoms with Crippen LogP contribution in [-0.2, 0) is 11.3 Å².